The number of amides is 1. The lowest BCUT2D eigenvalue weighted by Crippen LogP contribution is -2.45. The third-order valence-corrected chi connectivity index (χ3v) is 15.3. The summed E-state index contributed by atoms with van der Waals surface area (Å²) in [7, 11) is 0. The number of nitrogens with one attached hydrogen (secondary N) is 1. The first-order valence-corrected chi connectivity index (χ1v) is 32.4. The molecule has 0 spiro atoms. The Labute approximate surface area is 444 Å². The van der Waals surface area contributed by atoms with Crippen LogP contribution in [0.5, 0.6) is 0 Å². The van der Waals surface area contributed by atoms with Crippen LogP contribution in [0.25, 0.3) is 0 Å². The Morgan fingerprint density at radius 1 is 0.380 bits per heavy atom. The van der Waals surface area contributed by atoms with Crippen molar-refractivity contribution in [2.24, 2.45) is 0 Å². The molecule has 0 bridgehead atoms. The Hall–Kier alpha value is -1.40. The summed E-state index contributed by atoms with van der Waals surface area (Å²) < 4.78 is 5.46. The van der Waals surface area contributed by atoms with E-state index in [1.807, 2.05) is 0 Å². The summed E-state index contributed by atoms with van der Waals surface area (Å²) in [5.41, 5.74) is 0. The maximum Gasteiger partial charge on any atom is 0.305 e. The first kappa shape index (κ1) is 69.6. The average Bonchev–Trinajstić information content (AvgIpc) is 3.37. The van der Waals surface area contributed by atoms with Crippen molar-refractivity contribution in [3.63, 3.8) is 0 Å². The van der Waals surface area contributed by atoms with Gasteiger partial charge in [0.15, 0.2) is 0 Å². The highest BCUT2D eigenvalue weighted by atomic mass is 16.5. The Morgan fingerprint density at radius 3 is 1.04 bits per heavy atom. The lowest BCUT2D eigenvalue weighted by atomic mass is 10.0. The molecule has 0 aromatic carbocycles. The van der Waals surface area contributed by atoms with E-state index in [4.69, 9.17) is 4.74 Å². The number of allylic oxidation sites excluding steroid dienone is 2. The smallest absolute Gasteiger partial charge is 0.305 e. The number of unbranched alkanes of at least 4 members (excludes halogenated alkanes) is 48. The second kappa shape index (κ2) is 61.1. The van der Waals surface area contributed by atoms with Crippen molar-refractivity contribution in [2.75, 3.05) is 13.2 Å². The molecule has 0 aliphatic carbocycles. The van der Waals surface area contributed by atoms with Crippen LogP contribution < -0.4 is 5.32 Å². The molecule has 0 aromatic rings. The fraction of sp³-hybridized carbons (Fsp3) is 0.938. The zero-order valence-electron chi connectivity index (χ0n) is 48.2. The Kier molecular flexibility index (Phi) is 59.9. The van der Waals surface area contributed by atoms with E-state index in [0.29, 0.717) is 25.9 Å². The molecule has 2 atom stereocenters. The van der Waals surface area contributed by atoms with E-state index in [2.05, 4.69) is 31.3 Å². The molecule has 0 heterocycles. The van der Waals surface area contributed by atoms with Gasteiger partial charge in [-0.2, -0.15) is 0 Å². The van der Waals surface area contributed by atoms with Crippen molar-refractivity contribution < 1.29 is 24.5 Å². The van der Waals surface area contributed by atoms with Crippen LogP contribution in [0.15, 0.2) is 12.2 Å². The summed E-state index contributed by atoms with van der Waals surface area (Å²) in [5, 5.41) is 23.4. The lowest BCUT2D eigenvalue weighted by molar-refractivity contribution is -0.143. The van der Waals surface area contributed by atoms with Crippen LogP contribution in [0.1, 0.15) is 367 Å². The SMILES string of the molecule is CCCC/C=C\CCCCCCCC(=O)OCCCCCCCCCCCCCCCCCCCCCCCC(=O)NC(CO)C(O)CCCCCCCCCCCCCCCCCCCCCCCC. The molecule has 0 aromatic heterocycles. The molecule has 422 valence electrons. The predicted octanol–water partition coefficient (Wildman–Crippen LogP) is 20.4. The monoisotopic (exact) mass is 1000 g/mol. The fourth-order valence-corrected chi connectivity index (χ4v) is 10.3. The number of carbonyl (C=O) groups excluding carboxylic acids is 2. The van der Waals surface area contributed by atoms with Crippen molar-refractivity contribution >= 4 is 11.9 Å². The summed E-state index contributed by atoms with van der Waals surface area (Å²) in [5.74, 6) is -0.0298. The van der Waals surface area contributed by atoms with E-state index in [9.17, 15) is 19.8 Å². The van der Waals surface area contributed by atoms with Crippen molar-refractivity contribution in [1.29, 1.82) is 0 Å². The van der Waals surface area contributed by atoms with Gasteiger partial charge in [0.2, 0.25) is 5.91 Å². The lowest BCUT2D eigenvalue weighted by Gasteiger charge is -2.22. The molecule has 6 heteroatoms. The molecule has 3 N–H and O–H groups in total. The van der Waals surface area contributed by atoms with Gasteiger partial charge in [-0.05, 0) is 44.9 Å². The first-order chi connectivity index (χ1) is 35.0. The maximum absolute atomic E-state index is 12.5. The van der Waals surface area contributed by atoms with Crippen molar-refractivity contribution in [2.45, 2.75) is 379 Å². The molecule has 0 fully saturated rings. The summed E-state index contributed by atoms with van der Waals surface area (Å²) >= 11 is 0. The van der Waals surface area contributed by atoms with Crippen LogP contribution in [-0.2, 0) is 14.3 Å². The standard InChI is InChI=1S/C65H127NO5/c1-3-5-7-9-11-13-15-16-17-18-19-20-22-25-28-31-34-38-41-45-49-53-57-63(68)62(61-67)66-64(69)58-54-50-46-42-39-35-32-29-26-23-21-24-27-30-33-36-40-44-48-52-56-60-71-65(70)59-55-51-47-43-37-14-12-10-8-6-4-2/h10,12,62-63,67-68H,3-9,11,13-61H2,1-2H3,(H,66,69)/b12-10-. The van der Waals surface area contributed by atoms with E-state index in [0.717, 1.165) is 44.9 Å². The van der Waals surface area contributed by atoms with Gasteiger partial charge in [0.1, 0.15) is 0 Å². The minimum absolute atomic E-state index is 0.00185. The van der Waals surface area contributed by atoms with E-state index >= 15 is 0 Å². The molecular weight excluding hydrogens is 875 g/mol. The van der Waals surface area contributed by atoms with Gasteiger partial charge in [-0.15, -0.1) is 0 Å². The molecule has 71 heavy (non-hydrogen) atoms. The van der Waals surface area contributed by atoms with Crippen LogP contribution in [0.2, 0.25) is 0 Å². The highest BCUT2D eigenvalue weighted by molar-refractivity contribution is 5.76. The molecule has 2 unspecified atom stereocenters. The summed E-state index contributed by atoms with van der Waals surface area (Å²) in [6, 6.07) is -0.543. The average molecular weight is 1000 g/mol. The van der Waals surface area contributed by atoms with Crippen LogP contribution in [-0.4, -0.2) is 47.4 Å². The molecule has 0 saturated carbocycles. The molecule has 0 rings (SSSR count). The molecule has 0 aliphatic heterocycles. The largest absolute Gasteiger partial charge is 0.466 e. The molecule has 0 aliphatic rings. The quantitative estimate of drug-likeness (QED) is 0.0320. The van der Waals surface area contributed by atoms with Gasteiger partial charge in [-0.1, -0.05) is 321 Å². The van der Waals surface area contributed by atoms with Crippen molar-refractivity contribution in [3.05, 3.63) is 12.2 Å². The molecule has 6 nitrogen and oxygen atoms in total. The van der Waals surface area contributed by atoms with E-state index in [1.54, 1.807) is 0 Å². The number of carbonyl (C=O) groups is 2. The number of esters is 1. The number of hydrogen-bond acceptors (Lipinski definition) is 5. The molecular formula is C65H127NO5. The van der Waals surface area contributed by atoms with Crippen LogP contribution in [0, 0.1) is 0 Å². The highest BCUT2D eigenvalue weighted by Gasteiger charge is 2.20. The first-order valence-electron chi connectivity index (χ1n) is 32.4. The maximum atomic E-state index is 12.5. The molecule has 0 saturated heterocycles. The fourth-order valence-electron chi connectivity index (χ4n) is 10.3. The van der Waals surface area contributed by atoms with Gasteiger partial charge < -0.3 is 20.3 Å². The van der Waals surface area contributed by atoms with Crippen molar-refractivity contribution in [1.82, 2.24) is 5.32 Å². The zero-order chi connectivity index (χ0) is 51.4. The number of ether oxygens (including phenoxy) is 1. The topological polar surface area (TPSA) is 95.9 Å². The molecule has 1 amide bonds. The highest BCUT2D eigenvalue weighted by Crippen LogP contribution is 2.19. The Balaban J connectivity index is 3.39. The Morgan fingerprint density at radius 2 is 0.676 bits per heavy atom. The summed E-state index contributed by atoms with van der Waals surface area (Å²) in [6.07, 6.45) is 73.7. The van der Waals surface area contributed by atoms with E-state index in [-0.39, 0.29) is 18.5 Å². The summed E-state index contributed by atoms with van der Waals surface area (Å²) in [4.78, 5) is 24.5. The minimum atomic E-state index is -0.665. The second-order valence-corrected chi connectivity index (χ2v) is 22.5. The summed E-state index contributed by atoms with van der Waals surface area (Å²) in [6.45, 7) is 4.94. The zero-order valence-corrected chi connectivity index (χ0v) is 48.2. The predicted molar refractivity (Wildman–Crippen MR) is 310 cm³/mol. The van der Waals surface area contributed by atoms with Gasteiger partial charge in [0, 0.05) is 12.8 Å². The van der Waals surface area contributed by atoms with Gasteiger partial charge in [0.25, 0.3) is 0 Å². The van der Waals surface area contributed by atoms with Crippen LogP contribution in [0.4, 0.5) is 0 Å². The number of hydrogen-bond donors (Lipinski definition) is 3. The van der Waals surface area contributed by atoms with Crippen molar-refractivity contribution in [3.8, 4) is 0 Å². The second-order valence-electron chi connectivity index (χ2n) is 22.5. The van der Waals surface area contributed by atoms with Gasteiger partial charge in [-0.25, -0.2) is 0 Å². The third kappa shape index (κ3) is 57.7. The third-order valence-electron chi connectivity index (χ3n) is 15.3. The van der Waals surface area contributed by atoms with E-state index in [1.165, 1.54) is 289 Å². The van der Waals surface area contributed by atoms with Crippen LogP contribution in [0.3, 0.4) is 0 Å². The van der Waals surface area contributed by atoms with Gasteiger partial charge in [0.05, 0.1) is 25.4 Å². The number of rotatable bonds is 61. The van der Waals surface area contributed by atoms with Gasteiger partial charge in [-0.3, -0.25) is 9.59 Å². The van der Waals surface area contributed by atoms with E-state index < -0.39 is 12.1 Å². The number of aliphatic hydroxyl groups is 2. The minimum Gasteiger partial charge on any atom is -0.466 e. The van der Waals surface area contributed by atoms with Crippen LogP contribution >= 0.6 is 0 Å². The van der Waals surface area contributed by atoms with Gasteiger partial charge >= 0.3 is 5.97 Å². The normalized spacial score (nSPS) is 12.6. The Bertz CT molecular complexity index is 1060. The molecule has 0 radical (unpaired) electrons. The number of aliphatic hydroxyl groups excluding tert-OH is 2.